The molecule has 5 rings (SSSR count). The summed E-state index contributed by atoms with van der Waals surface area (Å²) in [5, 5.41) is 0. The van der Waals surface area contributed by atoms with Crippen molar-refractivity contribution in [2.45, 2.75) is 60.6 Å². The fraction of sp³-hybridized carbons (Fsp3) is 0.314. The fourth-order valence-electron chi connectivity index (χ4n) is 5.52. The van der Waals surface area contributed by atoms with E-state index in [9.17, 15) is 14.4 Å². The Morgan fingerprint density at radius 2 is 1.67 bits per heavy atom. The van der Waals surface area contributed by atoms with Crippen LogP contribution in [0.15, 0.2) is 75.7 Å². The molecule has 2 aromatic heterocycles. The quantitative estimate of drug-likeness (QED) is 0.238. The van der Waals surface area contributed by atoms with Crippen molar-refractivity contribution in [3.05, 3.63) is 114 Å². The number of fused-ring (bicyclic) bond motifs is 1. The smallest absolute Gasteiger partial charge is 0.338 e. The molecule has 0 spiro atoms. The Morgan fingerprint density at radius 3 is 2.29 bits per heavy atom. The van der Waals surface area contributed by atoms with Gasteiger partial charge in [-0.2, -0.15) is 0 Å². The lowest BCUT2D eigenvalue weighted by Gasteiger charge is -2.25. The van der Waals surface area contributed by atoms with Crippen LogP contribution in [0.3, 0.4) is 0 Å². The van der Waals surface area contributed by atoms with Gasteiger partial charge in [-0.1, -0.05) is 23.5 Å². The molecule has 0 fully saturated rings. The number of aromatic nitrogens is 2. The molecule has 3 heterocycles. The topological polar surface area (TPSA) is 101 Å². The maximum absolute atomic E-state index is 14.1. The van der Waals surface area contributed by atoms with E-state index in [1.807, 2.05) is 69.3 Å². The summed E-state index contributed by atoms with van der Waals surface area (Å²) < 4.78 is 20.5. The molecule has 2 aromatic carbocycles. The zero-order valence-electron chi connectivity index (χ0n) is 26.5. The number of carbonyl (C=O) groups excluding carboxylic acids is 2. The van der Waals surface area contributed by atoms with Gasteiger partial charge in [-0.3, -0.25) is 9.36 Å². The number of nitrogens with zero attached hydrogens (tertiary/aromatic N) is 3. The Hall–Kier alpha value is -4.70. The minimum absolute atomic E-state index is 0.247. The normalized spacial score (nSPS) is 14.8. The molecular weight excluding hydrogens is 590 g/mol. The van der Waals surface area contributed by atoms with Crippen LogP contribution < -0.4 is 19.6 Å². The average molecular weight is 628 g/mol. The van der Waals surface area contributed by atoms with Crippen molar-refractivity contribution in [1.82, 2.24) is 9.13 Å². The number of hydrogen-bond acceptors (Lipinski definition) is 8. The number of esters is 2. The van der Waals surface area contributed by atoms with Crippen molar-refractivity contribution in [3.8, 4) is 11.4 Å². The van der Waals surface area contributed by atoms with E-state index in [0.29, 0.717) is 45.1 Å². The summed E-state index contributed by atoms with van der Waals surface area (Å²) >= 11 is 1.28. The first-order chi connectivity index (χ1) is 21.5. The molecule has 1 atom stereocenters. The second kappa shape index (κ2) is 13.1. The number of allylic oxidation sites excluding steroid dienone is 1. The molecule has 234 valence electrons. The van der Waals surface area contributed by atoms with E-state index in [2.05, 4.69) is 4.57 Å². The van der Waals surface area contributed by atoms with Crippen LogP contribution in [0.2, 0.25) is 0 Å². The maximum Gasteiger partial charge on any atom is 0.338 e. The van der Waals surface area contributed by atoms with Gasteiger partial charge in [-0.15, -0.1) is 0 Å². The van der Waals surface area contributed by atoms with Gasteiger partial charge in [-0.25, -0.2) is 14.6 Å². The molecule has 1 aliphatic heterocycles. The average Bonchev–Trinajstić information content (AvgIpc) is 3.46. The Bertz CT molecular complexity index is 1960. The summed E-state index contributed by atoms with van der Waals surface area (Å²) in [6.45, 7) is 13.9. The van der Waals surface area contributed by atoms with Gasteiger partial charge in [0.1, 0.15) is 5.75 Å². The Kier molecular flexibility index (Phi) is 9.24. The van der Waals surface area contributed by atoms with Gasteiger partial charge in [0, 0.05) is 17.1 Å². The zero-order valence-corrected chi connectivity index (χ0v) is 27.4. The lowest BCUT2D eigenvalue weighted by atomic mass is 9.96. The Balaban J connectivity index is 1.60. The second-order valence-corrected chi connectivity index (χ2v) is 12.0. The number of aryl methyl sites for hydroxylation is 1. The van der Waals surface area contributed by atoms with E-state index in [4.69, 9.17) is 19.2 Å². The molecular formula is C35H37N3O6S. The molecule has 1 aliphatic rings. The van der Waals surface area contributed by atoms with Gasteiger partial charge < -0.3 is 18.8 Å². The highest BCUT2D eigenvalue weighted by Gasteiger charge is 2.34. The van der Waals surface area contributed by atoms with Gasteiger partial charge in [0.05, 0.1) is 46.7 Å². The fourth-order valence-corrected chi connectivity index (χ4v) is 6.56. The number of ether oxygens (including phenoxy) is 3. The minimum atomic E-state index is -0.712. The van der Waals surface area contributed by atoms with Crippen molar-refractivity contribution < 1.29 is 23.8 Å². The highest BCUT2D eigenvalue weighted by molar-refractivity contribution is 7.07. The van der Waals surface area contributed by atoms with Gasteiger partial charge in [-0.05, 0) is 108 Å². The van der Waals surface area contributed by atoms with Crippen molar-refractivity contribution in [1.29, 1.82) is 0 Å². The van der Waals surface area contributed by atoms with Gasteiger partial charge in [0.15, 0.2) is 4.80 Å². The van der Waals surface area contributed by atoms with Gasteiger partial charge in [0.2, 0.25) is 0 Å². The van der Waals surface area contributed by atoms with Crippen molar-refractivity contribution in [2.75, 3.05) is 13.2 Å². The molecule has 0 saturated carbocycles. The van der Waals surface area contributed by atoms with E-state index >= 15 is 0 Å². The third-order valence-corrected chi connectivity index (χ3v) is 8.47. The van der Waals surface area contributed by atoms with Crippen LogP contribution in [0.5, 0.6) is 5.75 Å². The molecule has 0 saturated heterocycles. The zero-order chi connectivity index (χ0) is 32.4. The highest BCUT2D eigenvalue weighted by Crippen LogP contribution is 2.32. The third kappa shape index (κ3) is 6.28. The lowest BCUT2D eigenvalue weighted by Crippen LogP contribution is -2.40. The van der Waals surface area contributed by atoms with Crippen LogP contribution in [-0.2, 0) is 14.3 Å². The van der Waals surface area contributed by atoms with Crippen LogP contribution in [-0.4, -0.2) is 40.4 Å². The first-order valence-electron chi connectivity index (χ1n) is 15.0. The van der Waals surface area contributed by atoms with Crippen LogP contribution in [0.4, 0.5) is 0 Å². The third-order valence-electron chi connectivity index (χ3n) is 7.48. The van der Waals surface area contributed by atoms with E-state index in [1.54, 1.807) is 44.4 Å². The molecule has 0 N–H and O–H groups in total. The van der Waals surface area contributed by atoms with Crippen LogP contribution >= 0.6 is 11.3 Å². The van der Waals surface area contributed by atoms with Gasteiger partial charge in [0.25, 0.3) is 5.56 Å². The number of thiazole rings is 1. The van der Waals surface area contributed by atoms with Crippen molar-refractivity contribution in [3.63, 3.8) is 0 Å². The van der Waals surface area contributed by atoms with Crippen LogP contribution in [0.25, 0.3) is 11.8 Å². The number of benzene rings is 2. The molecule has 0 amide bonds. The molecule has 45 heavy (non-hydrogen) atoms. The van der Waals surface area contributed by atoms with Gasteiger partial charge >= 0.3 is 11.9 Å². The summed E-state index contributed by atoms with van der Waals surface area (Å²) in [6, 6.07) is 16.0. The monoisotopic (exact) mass is 627 g/mol. The summed E-state index contributed by atoms with van der Waals surface area (Å²) in [7, 11) is 0. The van der Waals surface area contributed by atoms with E-state index in [1.165, 1.54) is 11.3 Å². The summed E-state index contributed by atoms with van der Waals surface area (Å²) in [6.07, 6.45) is 1.54. The standard InChI is InChI=1S/C35H37N3O6S/c1-8-42-28-16-12-24(13-17-28)31-30(34(41)44-20(3)4)22(6)36-35-38(31)32(39)29(45-35)19-26-18-21(5)37(23(26)7)27-14-10-25(11-15-27)33(40)43-9-2/h10-20,31H,8-9H2,1-7H3/b29-19+/t31-/m1/s1. The number of rotatable bonds is 9. The summed E-state index contributed by atoms with van der Waals surface area (Å²) in [5.74, 6) is -0.163. The van der Waals surface area contributed by atoms with Crippen LogP contribution in [0, 0.1) is 13.8 Å². The molecule has 10 heteroatoms. The Labute approximate surface area is 265 Å². The van der Waals surface area contributed by atoms with Crippen molar-refractivity contribution >= 4 is 29.4 Å². The predicted octanol–water partition coefficient (Wildman–Crippen LogP) is 5.17. The van der Waals surface area contributed by atoms with E-state index in [0.717, 1.165) is 28.2 Å². The largest absolute Gasteiger partial charge is 0.494 e. The first-order valence-corrected chi connectivity index (χ1v) is 15.8. The van der Waals surface area contributed by atoms with Crippen LogP contribution in [0.1, 0.15) is 73.5 Å². The Morgan fingerprint density at radius 1 is 0.978 bits per heavy atom. The first kappa shape index (κ1) is 31.7. The maximum atomic E-state index is 14.1. The molecule has 0 aliphatic carbocycles. The molecule has 0 bridgehead atoms. The van der Waals surface area contributed by atoms with E-state index < -0.39 is 12.0 Å². The molecule has 0 radical (unpaired) electrons. The summed E-state index contributed by atoms with van der Waals surface area (Å²) in [5.41, 5.74) is 5.49. The van der Waals surface area contributed by atoms with Crippen molar-refractivity contribution in [2.24, 2.45) is 4.99 Å². The highest BCUT2D eigenvalue weighted by atomic mass is 32.1. The SMILES string of the molecule is CCOC(=O)c1ccc(-n2c(C)cc(/C=c3/sc4n(c3=O)[C@H](c3ccc(OCC)cc3)C(C(=O)OC(C)C)=C(C)N=4)c2C)cc1. The molecule has 0 unspecified atom stereocenters. The molecule has 4 aromatic rings. The predicted molar refractivity (Wildman–Crippen MR) is 174 cm³/mol. The minimum Gasteiger partial charge on any atom is -0.494 e. The number of carbonyl (C=O) groups is 2. The molecule has 9 nitrogen and oxygen atoms in total. The van der Waals surface area contributed by atoms with E-state index in [-0.39, 0.29) is 17.6 Å². The summed E-state index contributed by atoms with van der Waals surface area (Å²) in [4.78, 5) is 44.8. The second-order valence-electron chi connectivity index (χ2n) is 11.0. The number of hydrogen-bond donors (Lipinski definition) is 0. The lowest BCUT2D eigenvalue weighted by molar-refractivity contribution is -0.143.